The SMILES string of the molecule is CCN(C)/C=N/c1cc(Br)c(OC2C(C)CCCC2C)nc1C. The summed E-state index contributed by atoms with van der Waals surface area (Å²) in [6.07, 6.45) is 5.85. The lowest BCUT2D eigenvalue weighted by Gasteiger charge is -2.34. The Balaban J connectivity index is 2.17. The van der Waals surface area contributed by atoms with Crippen molar-refractivity contribution < 1.29 is 4.74 Å². The van der Waals surface area contributed by atoms with E-state index in [2.05, 4.69) is 46.7 Å². The average molecular weight is 382 g/mol. The van der Waals surface area contributed by atoms with Crippen LogP contribution in [0.5, 0.6) is 5.88 Å². The molecule has 1 aromatic heterocycles. The molecule has 1 aliphatic rings. The van der Waals surface area contributed by atoms with E-state index >= 15 is 0 Å². The first kappa shape index (κ1) is 18.2. The van der Waals surface area contributed by atoms with E-state index in [1.54, 1.807) is 0 Å². The average Bonchev–Trinajstić information content (AvgIpc) is 2.52. The van der Waals surface area contributed by atoms with Crippen LogP contribution in [-0.4, -0.2) is 35.9 Å². The van der Waals surface area contributed by atoms with Crippen molar-refractivity contribution in [3.63, 3.8) is 0 Å². The number of aromatic nitrogens is 1. The number of pyridine rings is 1. The molecule has 128 valence electrons. The third-order valence-corrected chi connectivity index (χ3v) is 5.26. The zero-order valence-corrected chi connectivity index (χ0v) is 16.4. The molecule has 4 nitrogen and oxygen atoms in total. The lowest BCUT2D eigenvalue weighted by Crippen LogP contribution is -2.35. The van der Waals surface area contributed by atoms with Gasteiger partial charge in [-0.3, -0.25) is 0 Å². The van der Waals surface area contributed by atoms with Gasteiger partial charge in [-0.05, 0) is 60.5 Å². The van der Waals surface area contributed by atoms with Crippen molar-refractivity contribution in [2.75, 3.05) is 13.6 Å². The molecule has 0 aliphatic heterocycles. The zero-order valence-electron chi connectivity index (χ0n) is 14.8. The molecule has 1 aromatic rings. The number of hydrogen-bond donors (Lipinski definition) is 0. The predicted octanol–water partition coefficient (Wildman–Crippen LogP) is 4.97. The zero-order chi connectivity index (χ0) is 17.0. The minimum absolute atomic E-state index is 0.243. The van der Waals surface area contributed by atoms with E-state index in [1.165, 1.54) is 19.3 Å². The van der Waals surface area contributed by atoms with E-state index in [4.69, 9.17) is 4.74 Å². The fourth-order valence-electron chi connectivity index (χ4n) is 3.02. The fourth-order valence-corrected chi connectivity index (χ4v) is 3.42. The van der Waals surface area contributed by atoms with Gasteiger partial charge in [0.25, 0.3) is 0 Å². The monoisotopic (exact) mass is 381 g/mol. The van der Waals surface area contributed by atoms with Crippen molar-refractivity contribution in [2.24, 2.45) is 16.8 Å². The summed E-state index contributed by atoms with van der Waals surface area (Å²) in [5, 5.41) is 0. The summed E-state index contributed by atoms with van der Waals surface area (Å²) < 4.78 is 7.15. The molecule has 0 aromatic carbocycles. The van der Waals surface area contributed by atoms with Crippen molar-refractivity contribution in [1.29, 1.82) is 0 Å². The van der Waals surface area contributed by atoms with Gasteiger partial charge in [-0.1, -0.05) is 20.3 Å². The second-order valence-corrected chi connectivity index (χ2v) is 7.52. The molecule has 1 aliphatic carbocycles. The van der Waals surface area contributed by atoms with Gasteiger partial charge in [-0.15, -0.1) is 0 Å². The standard InChI is InChI=1S/C18H28BrN3O/c1-6-22(5)11-20-16-10-15(19)18(21-14(16)4)23-17-12(2)8-7-9-13(17)3/h10-13,17H,6-9H2,1-5H3/b20-11+. The first-order valence-corrected chi connectivity index (χ1v) is 9.29. The Kier molecular flexibility index (Phi) is 6.45. The smallest absolute Gasteiger partial charge is 0.228 e. The quantitative estimate of drug-likeness (QED) is 0.533. The van der Waals surface area contributed by atoms with Gasteiger partial charge in [0.2, 0.25) is 5.88 Å². The molecular weight excluding hydrogens is 354 g/mol. The summed E-state index contributed by atoms with van der Waals surface area (Å²) in [5.41, 5.74) is 1.76. The normalized spacial score (nSPS) is 24.9. The van der Waals surface area contributed by atoms with Gasteiger partial charge >= 0.3 is 0 Å². The number of rotatable bonds is 5. The maximum Gasteiger partial charge on any atom is 0.228 e. The van der Waals surface area contributed by atoms with Crippen molar-refractivity contribution in [1.82, 2.24) is 9.88 Å². The number of nitrogens with zero attached hydrogens (tertiary/aromatic N) is 3. The summed E-state index contributed by atoms with van der Waals surface area (Å²) in [4.78, 5) is 11.2. The molecule has 0 spiro atoms. The van der Waals surface area contributed by atoms with Gasteiger partial charge in [0.05, 0.1) is 22.2 Å². The van der Waals surface area contributed by atoms with Crippen molar-refractivity contribution >= 4 is 28.0 Å². The number of ether oxygens (including phenoxy) is 1. The van der Waals surface area contributed by atoms with Crippen molar-refractivity contribution in [2.45, 2.75) is 53.1 Å². The van der Waals surface area contributed by atoms with Crippen LogP contribution in [0.2, 0.25) is 0 Å². The number of halogens is 1. The Hall–Kier alpha value is -1.10. The molecule has 2 unspecified atom stereocenters. The van der Waals surface area contributed by atoms with Crippen LogP contribution in [0.4, 0.5) is 5.69 Å². The fraction of sp³-hybridized carbons (Fsp3) is 0.667. The van der Waals surface area contributed by atoms with Crippen molar-refractivity contribution in [3.05, 3.63) is 16.2 Å². The van der Waals surface area contributed by atoms with Crippen LogP contribution in [0.25, 0.3) is 0 Å². The Bertz CT molecular complexity index is 551. The Morgan fingerprint density at radius 3 is 2.65 bits per heavy atom. The van der Waals surface area contributed by atoms with Crippen molar-refractivity contribution in [3.8, 4) is 5.88 Å². The minimum Gasteiger partial charge on any atom is -0.473 e. The minimum atomic E-state index is 0.243. The molecule has 0 N–H and O–H groups in total. The molecule has 1 fully saturated rings. The highest BCUT2D eigenvalue weighted by molar-refractivity contribution is 9.10. The van der Waals surface area contributed by atoms with Crippen LogP contribution in [0.15, 0.2) is 15.5 Å². The van der Waals surface area contributed by atoms with E-state index < -0.39 is 0 Å². The van der Waals surface area contributed by atoms with Gasteiger partial charge in [-0.25, -0.2) is 9.98 Å². The molecule has 2 rings (SSSR count). The van der Waals surface area contributed by atoms with Crippen LogP contribution in [-0.2, 0) is 0 Å². The molecule has 23 heavy (non-hydrogen) atoms. The largest absolute Gasteiger partial charge is 0.473 e. The number of hydrogen-bond acceptors (Lipinski definition) is 3. The lowest BCUT2D eigenvalue weighted by molar-refractivity contribution is 0.0505. The summed E-state index contributed by atoms with van der Waals surface area (Å²) in [7, 11) is 2.00. The summed E-state index contributed by atoms with van der Waals surface area (Å²) in [6.45, 7) is 9.55. The van der Waals surface area contributed by atoms with Gasteiger partial charge in [0.15, 0.2) is 0 Å². The van der Waals surface area contributed by atoms with E-state index in [9.17, 15) is 0 Å². The lowest BCUT2D eigenvalue weighted by atomic mass is 9.80. The first-order valence-electron chi connectivity index (χ1n) is 8.50. The van der Waals surface area contributed by atoms with Gasteiger partial charge in [0, 0.05) is 13.6 Å². The summed E-state index contributed by atoms with van der Waals surface area (Å²) in [6, 6.07) is 2.00. The summed E-state index contributed by atoms with van der Waals surface area (Å²) in [5.74, 6) is 1.84. The van der Waals surface area contributed by atoms with E-state index in [1.807, 2.05) is 31.3 Å². The molecule has 1 heterocycles. The number of aliphatic imine (C=N–C) groups is 1. The van der Waals surface area contributed by atoms with Gasteiger partial charge in [-0.2, -0.15) is 0 Å². The molecule has 0 amide bonds. The highest BCUT2D eigenvalue weighted by Crippen LogP contribution is 2.35. The summed E-state index contributed by atoms with van der Waals surface area (Å²) >= 11 is 3.60. The molecule has 1 saturated carbocycles. The third kappa shape index (κ3) is 4.69. The van der Waals surface area contributed by atoms with E-state index in [-0.39, 0.29) is 6.10 Å². The Morgan fingerprint density at radius 1 is 1.39 bits per heavy atom. The number of aryl methyl sites for hydroxylation is 1. The van der Waals surface area contributed by atoms with Crippen LogP contribution in [0.1, 0.15) is 45.7 Å². The molecule has 0 radical (unpaired) electrons. The maximum absolute atomic E-state index is 6.27. The van der Waals surface area contributed by atoms with E-state index in [0.717, 1.165) is 22.4 Å². The second-order valence-electron chi connectivity index (χ2n) is 6.67. The van der Waals surface area contributed by atoms with E-state index in [0.29, 0.717) is 17.7 Å². The predicted molar refractivity (Wildman–Crippen MR) is 99.7 cm³/mol. The van der Waals surface area contributed by atoms with Gasteiger partial charge < -0.3 is 9.64 Å². The third-order valence-electron chi connectivity index (χ3n) is 4.69. The van der Waals surface area contributed by atoms with Crippen LogP contribution < -0.4 is 4.74 Å². The molecule has 5 heteroatoms. The first-order chi connectivity index (χ1) is 10.9. The highest BCUT2D eigenvalue weighted by atomic mass is 79.9. The van der Waals surface area contributed by atoms with Crippen LogP contribution >= 0.6 is 15.9 Å². The molecule has 2 atom stereocenters. The highest BCUT2D eigenvalue weighted by Gasteiger charge is 2.30. The molecule has 0 saturated heterocycles. The van der Waals surface area contributed by atoms with Gasteiger partial charge in [0.1, 0.15) is 6.10 Å². The maximum atomic E-state index is 6.27. The second kappa shape index (κ2) is 8.13. The molecule has 0 bridgehead atoms. The van der Waals surface area contributed by atoms with Crippen LogP contribution in [0.3, 0.4) is 0 Å². The molecular formula is C18H28BrN3O. The topological polar surface area (TPSA) is 37.7 Å². The Labute approximate surface area is 148 Å². The van der Waals surface area contributed by atoms with Crippen LogP contribution in [0, 0.1) is 18.8 Å². The Morgan fingerprint density at radius 2 is 2.04 bits per heavy atom.